The molecule has 0 saturated carbocycles. The van der Waals surface area contributed by atoms with Crippen molar-refractivity contribution in [2.24, 2.45) is 0 Å². The number of halogens is 3. The molecule has 42 heavy (non-hydrogen) atoms. The number of hydrogen-bond acceptors (Lipinski definition) is 4. The van der Waals surface area contributed by atoms with Gasteiger partial charge in [-0.3, -0.25) is 9.59 Å². The molecule has 2 amide bonds. The van der Waals surface area contributed by atoms with Gasteiger partial charge in [0.2, 0.25) is 11.8 Å². The number of carbonyl (C=O) groups is 2. The van der Waals surface area contributed by atoms with Crippen LogP contribution in [-0.4, -0.2) is 37.0 Å². The van der Waals surface area contributed by atoms with Gasteiger partial charge < -0.3 is 19.7 Å². The molecule has 0 aliphatic heterocycles. The summed E-state index contributed by atoms with van der Waals surface area (Å²) in [5.74, 6) is 0.00513. The van der Waals surface area contributed by atoms with Crippen LogP contribution in [0.3, 0.4) is 0 Å². The van der Waals surface area contributed by atoms with Crippen LogP contribution in [0.2, 0.25) is 10.0 Å². The van der Waals surface area contributed by atoms with Gasteiger partial charge in [0.1, 0.15) is 11.9 Å². The fourth-order valence-electron chi connectivity index (χ4n) is 4.57. The summed E-state index contributed by atoms with van der Waals surface area (Å²) in [6.07, 6.45) is 0.267. The summed E-state index contributed by atoms with van der Waals surface area (Å²) in [6.45, 7) is 0.243. The monoisotopic (exact) mass is 608 g/mol. The molecular weight excluding hydrogens is 578 g/mol. The Hall–Kier alpha value is -4.07. The number of nitrogens with zero attached hydrogens (tertiary/aromatic N) is 1. The van der Waals surface area contributed by atoms with Gasteiger partial charge in [-0.15, -0.1) is 0 Å². The highest BCUT2D eigenvalue weighted by molar-refractivity contribution is 6.35. The lowest BCUT2D eigenvalue weighted by Gasteiger charge is -2.32. The van der Waals surface area contributed by atoms with Crippen LogP contribution in [0, 0.1) is 5.82 Å². The highest BCUT2D eigenvalue weighted by Crippen LogP contribution is 2.28. The fraction of sp³-hybridized carbons (Fsp3) is 0.212. The van der Waals surface area contributed by atoms with Crippen LogP contribution in [0.5, 0.6) is 11.5 Å². The van der Waals surface area contributed by atoms with Crippen molar-refractivity contribution in [3.05, 3.63) is 129 Å². The van der Waals surface area contributed by atoms with Crippen LogP contribution >= 0.6 is 23.2 Å². The Morgan fingerprint density at radius 3 is 2.19 bits per heavy atom. The molecule has 0 heterocycles. The van der Waals surface area contributed by atoms with E-state index >= 15 is 0 Å². The summed E-state index contributed by atoms with van der Waals surface area (Å²) in [6, 6.07) is 24.8. The highest BCUT2D eigenvalue weighted by Gasteiger charge is 2.30. The van der Waals surface area contributed by atoms with Gasteiger partial charge in [0.05, 0.1) is 20.6 Å². The molecule has 0 aromatic heterocycles. The summed E-state index contributed by atoms with van der Waals surface area (Å²) >= 11 is 12.4. The second kappa shape index (κ2) is 14.7. The average Bonchev–Trinajstić information content (AvgIpc) is 2.99. The maximum atomic E-state index is 14.0. The van der Waals surface area contributed by atoms with Gasteiger partial charge in [0, 0.05) is 29.6 Å². The first-order valence-electron chi connectivity index (χ1n) is 13.3. The molecule has 6 nitrogen and oxygen atoms in total. The largest absolute Gasteiger partial charge is 0.493 e. The lowest BCUT2D eigenvalue weighted by molar-refractivity contribution is -0.140. The van der Waals surface area contributed by atoms with Crippen molar-refractivity contribution in [3.8, 4) is 11.5 Å². The van der Waals surface area contributed by atoms with E-state index in [1.807, 2.05) is 30.3 Å². The Morgan fingerprint density at radius 1 is 0.833 bits per heavy atom. The van der Waals surface area contributed by atoms with Crippen molar-refractivity contribution in [2.45, 2.75) is 32.0 Å². The summed E-state index contributed by atoms with van der Waals surface area (Å²) in [4.78, 5) is 29.4. The van der Waals surface area contributed by atoms with Crippen LogP contribution < -0.4 is 14.8 Å². The first-order chi connectivity index (χ1) is 20.3. The molecule has 4 rings (SSSR count). The van der Waals surface area contributed by atoms with E-state index < -0.39 is 6.04 Å². The number of benzene rings is 4. The molecule has 0 saturated heterocycles. The van der Waals surface area contributed by atoms with Crippen molar-refractivity contribution < 1.29 is 23.5 Å². The zero-order chi connectivity index (χ0) is 30.1. The first-order valence-corrected chi connectivity index (χ1v) is 14.0. The SMILES string of the molecule is COc1ccc(CC(=O)N(Cc2ccc(F)cc2)[C@@H](Cc2ccccc2)C(=O)NCc2ccc(Cl)cc2Cl)cc1OC. The molecule has 0 bridgehead atoms. The minimum atomic E-state index is -0.879. The van der Waals surface area contributed by atoms with E-state index in [9.17, 15) is 14.0 Å². The molecule has 0 aliphatic rings. The van der Waals surface area contributed by atoms with Gasteiger partial charge in [-0.05, 0) is 58.7 Å². The minimum Gasteiger partial charge on any atom is -0.493 e. The Morgan fingerprint density at radius 2 is 1.52 bits per heavy atom. The van der Waals surface area contributed by atoms with Crippen molar-refractivity contribution in [3.63, 3.8) is 0 Å². The molecule has 1 atom stereocenters. The maximum Gasteiger partial charge on any atom is 0.243 e. The topological polar surface area (TPSA) is 67.9 Å². The van der Waals surface area contributed by atoms with Crippen molar-refractivity contribution >= 4 is 35.0 Å². The van der Waals surface area contributed by atoms with Crippen molar-refractivity contribution in [1.29, 1.82) is 0 Å². The van der Waals surface area contributed by atoms with Crippen LogP contribution in [0.1, 0.15) is 22.3 Å². The van der Waals surface area contributed by atoms with Crippen LogP contribution in [0.4, 0.5) is 4.39 Å². The van der Waals surface area contributed by atoms with Gasteiger partial charge >= 0.3 is 0 Å². The van der Waals surface area contributed by atoms with E-state index in [0.717, 1.165) is 5.56 Å². The smallest absolute Gasteiger partial charge is 0.243 e. The van der Waals surface area contributed by atoms with Crippen LogP contribution in [-0.2, 0) is 35.5 Å². The molecule has 0 radical (unpaired) electrons. The summed E-state index contributed by atoms with van der Waals surface area (Å²) in [5.41, 5.74) is 2.94. The quantitative estimate of drug-likeness (QED) is 0.195. The third kappa shape index (κ3) is 8.24. The number of amides is 2. The van der Waals surface area contributed by atoms with Crippen molar-refractivity contribution in [1.82, 2.24) is 10.2 Å². The third-order valence-corrected chi connectivity index (χ3v) is 7.40. The molecule has 9 heteroatoms. The fourth-order valence-corrected chi connectivity index (χ4v) is 5.05. The summed E-state index contributed by atoms with van der Waals surface area (Å²) in [5, 5.41) is 3.87. The van der Waals surface area contributed by atoms with Crippen LogP contribution in [0.25, 0.3) is 0 Å². The Bertz CT molecular complexity index is 1520. The zero-order valence-electron chi connectivity index (χ0n) is 23.3. The minimum absolute atomic E-state index is 0.00311. The molecule has 4 aromatic rings. The Kier molecular flexibility index (Phi) is 10.8. The zero-order valence-corrected chi connectivity index (χ0v) is 24.8. The number of rotatable bonds is 12. The number of methoxy groups -OCH3 is 2. The van der Waals surface area contributed by atoms with E-state index in [2.05, 4.69) is 5.32 Å². The average molecular weight is 610 g/mol. The van der Waals surface area contributed by atoms with E-state index in [4.69, 9.17) is 32.7 Å². The molecule has 0 unspecified atom stereocenters. The normalized spacial score (nSPS) is 11.5. The van der Waals surface area contributed by atoms with E-state index in [0.29, 0.717) is 38.2 Å². The predicted molar refractivity (Wildman–Crippen MR) is 162 cm³/mol. The number of hydrogen-bond donors (Lipinski definition) is 1. The molecule has 218 valence electrons. The first kappa shape index (κ1) is 30.9. The van der Waals surface area contributed by atoms with Gasteiger partial charge in [-0.25, -0.2) is 4.39 Å². The molecule has 4 aromatic carbocycles. The Labute approximate surface area is 255 Å². The number of carbonyl (C=O) groups excluding carboxylic acids is 2. The molecule has 1 N–H and O–H groups in total. The second-order valence-corrected chi connectivity index (χ2v) is 10.5. The standard InChI is InChI=1S/C33H31Cl2FN2O4/c1-41-30-15-10-24(17-31(30)42-2)18-32(39)38(21-23-8-13-27(36)14-9-23)29(16-22-6-4-3-5-7-22)33(40)37-20-25-11-12-26(34)19-28(25)35/h3-15,17,19,29H,16,18,20-21H2,1-2H3,(H,37,40)/t29-/m0/s1. The van der Waals surface area contributed by atoms with Gasteiger partial charge in [-0.2, -0.15) is 0 Å². The van der Waals surface area contributed by atoms with E-state index in [1.165, 1.54) is 31.3 Å². The summed E-state index contributed by atoms with van der Waals surface area (Å²) < 4.78 is 24.4. The summed E-state index contributed by atoms with van der Waals surface area (Å²) in [7, 11) is 3.06. The number of ether oxygens (including phenoxy) is 2. The van der Waals surface area contributed by atoms with E-state index in [1.54, 1.807) is 48.5 Å². The lowest BCUT2D eigenvalue weighted by Crippen LogP contribution is -2.50. The molecular formula is C33H31Cl2FN2O4. The third-order valence-electron chi connectivity index (χ3n) is 6.81. The molecule has 0 fully saturated rings. The van der Waals surface area contributed by atoms with Crippen molar-refractivity contribution in [2.75, 3.05) is 14.2 Å². The van der Waals surface area contributed by atoms with Gasteiger partial charge in [0.15, 0.2) is 11.5 Å². The van der Waals surface area contributed by atoms with E-state index in [-0.39, 0.29) is 43.6 Å². The second-order valence-electron chi connectivity index (χ2n) is 9.67. The van der Waals surface area contributed by atoms with Gasteiger partial charge in [-0.1, -0.05) is 77.8 Å². The Balaban J connectivity index is 1.67. The highest BCUT2D eigenvalue weighted by atomic mass is 35.5. The maximum absolute atomic E-state index is 14.0. The predicted octanol–water partition coefficient (Wildman–Crippen LogP) is 6.65. The lowest BCUT2D eigenvalue weighted by atomic mass is 10.0. The molecule has 0 spiro atoms. The number of nitrogens with one attached hydrogen (secondary N) is 1. The van der Waals surface area contributed by atoms with Gasteiger partial charge in [0.25, 0.3) is 0 Å². The van der Waals surface area contributed by atoms with Crippen LogP contribution in [0.15, 0.2) is 91.0 Å². The molecule has 0 aliphatic carbocycles.